The zero-order chi connectivity index (χ0) is 32.6. The Kier molecular flexibility index (Phi) is 14.2. The molecule has 2 unspecified atom stereocenters. The number of carbonyl (C=O) groups is 7. The fraction of sp³-hybridized carbons (Fsp3) is 0.387. The fourth-order valence-electron chi connectivity index (χ4n) is 3.89. The number of rotatable bonds is 18. The fourth-order valence-corrected chi connectivity index (χ4v) is 3.89. The van der Waals surface area contributed by atoms with E-state index >= 15 is 0 Å². The van der Waals surface area contributed by atoms with Crippen LogP contribution >= 0.6 is 0 Å². The van der Waals surface area contributed by atoms with Gasteiger partial charge in [-0.1, -0.05) is 30.3 Å². The number of amides is 3. The van der Waals surface area contributed by atoms with E-state index in [2.05, 4.69) is 16.0 Å². The van der Waals surface area contributed by atoms with Crippen molar-refractivity contribution >= 4 is 41.2 Å². The average molecular weight is 612 g/mol. The minimum Gasteiger partial charge on any atom is -0.492 e. The highest BCUT2D eigenvalue weighted by Crippen LogP contribution is 2.19. The molecule has 236 valence electrons. The van der Waals surface area contributed by atoms with E-state index < -0.39 is 41.7 Å². The van der Waals surface area contributed by atoms with Gasteiger partial charge in [-0.05, 0) is 57.4 Å². The third kappa shape index (κ3) is 12.8. The molecule has 0 radical (unpaired) electrons. The monoisotopic (exact) mass is 611 g/mol. The van der Waals surface area contributed by atoms with Crippen molar-refractivity contribution in [3.05, 3.63) is 65.2 Å². The summed E-state index contributed by atoms with van der Waals surface area (Å²) in [6, 6.07) is 10.9. The number of alkyl carbamates (subject to hydrolysis) is 1. The third-order valence-electron chi connectivity index (χ3n) is 6.31. The summed E-state index contributed by atoms with van der Waals surface area (Å²) < 4.78 is 10.8. The normalized spacial score (nSPS) is 11.8. The molecule has 13 heteroatoms. The number of ether oxygens (including phenoxy) is 2. The van der Waals surface area contributed by atoms with Crippen LogP contribution in [0.5, 0.6) is 5.75 Å². The van der Waals surface area contributed by atoms with Gasteiger partial charge in [0.25, 0.3) is 11.8 Å². The molecule has 0 aromatic heterocycles. The molecule has 0 spiro atoms. The van der Waals surface area contributed by atoms with Crippen LogP contribution in [0.3, 0.4) is 0 Å². The molecule has 2 rings (SSSR count). The van der Waals surface area contributed by atoms with Crippen LogP contribution in [-0.2, 0) is 30.5 Å². The number of carboxylic acids is 1. The number of aliphatic carboxylic acids is 1. The molecule has 44 heavy (non-hydrogen) atoms. The highest BCUT2D eigenvalue weighted by Gasteiger charge is 2.23. The first-order valence-electron chi connectivity index (χ1n) is 13.9. The molecular weight excluding hydrogens is 574 g/mol. The van der Waals surface area contributed by atoms with Gasteiger partial charge >= 0.3 is 12.1 Å². The number of benzene rings is 2. The Morgan fingerprint density at radius 1 is 0.773 bits per heavy atom. The topological polar surface area (TPSA) is 194 Å². The van der Waals surface area contributed by atoms with Gasteiger partial charge in [0.15, 0.2) is 11.6 Å². The first-order chi connectivity index (χ1) is 20.8. The zero-order valence-electron chi connectivity index (χ0n) is 24.8. The summed E-state index contributed by atoms with van der Waals surface area (Å²) >= 11 is 0. The molecule has 2 aromatic carbocycles. The minimum absolute atomic E-state index is 0.0185. The van der Waals surface area contributed by atoms with E-state index in [4.69, 9.17) is 14.6 Å². The Morgan fingerprint density at radius 2 is 1.32 bits per heavy atom. The van der Waals surface area contributed by atoms with Crippen LogP contribution < -0.4 is 20.7 Å². The molecule has 0 bridgehead atoms. The SMILES string of the molecule is CC(=O)CCC(NC(=O)c1cc(OCCNC(=O)OCc2ccccc2)cc(C(=O)NC(CCC(=O)O)C(C)=O)c1)C(C)=O. The Hall–Kier alpha value is -5.07. The number of nitrogens with one attached hydrogen (secondary N) is 3. The highest BCUT2D eigenvalue weighted by molar-refractivity contribution is 6.03. The van der Waals surface area contributed by atoms with Crippen molar-refractivity contribution < 1.29 is 48.1 Å². The lowest BCUT2D eigenvalue weighted by Crippen LogP contribution is -2.41. The summed E-state index contributed by atoms with van der Waals surface area (Å²) in [7, 11) is 0. The van der Waals surface area contributed by atoms with Gasteiger partial charge in [0, 0.05) is 24.0 Å². The number of hydrogen-bond acceptors (Lipinski definition) is 9. The van der Waals surface area contributed by atoms with Crippen LogP contribution in [0.15, 0.2) is 48.5 Å². The van der Waals surface area contributed by atoms with Crippen molar-refractivity contribution in [3.8, 4) is 5.75 Å². The summed E-state index contributed by atoms with van der Waals surface area (Å²) in [4.78, 5) is 84.7. The second-order valence-electron chi connectivity index (χ2n) is 10.0. The van der Waals surface area contributed by atoms with Gasteiger partial charge in [-0.3, -0.25) is 24.0 Å². The minimum atomic E-state index is -1.14. The van der Waals surface area contributed by atoms with Gasteiger partial charge in [-0.15, -0.1) is 0 Å². The number of carbonyl (C=O) groups excluding carboxylic acids is 6. The first-order valence-corrected chi connectivity index (χ1v) is 13.9. The van der Waals surface area contributed by atoms with Crippen molar-refractivity contribution in [1.29, 1.82) is 0 Å². The van der Waals surface area contributed by atoms with Gasteiger partial charge in [-0.25, -0.2) is 4.79 Å². The Balaban J connectivity index is 2.17. The molecule has 0 saturated heterocycles. The summed E-state index contributed by atoms with van der Waals surface area (Å²) in [5, 5.41) is 16.5. The van der Waals surface area contributed by atoms with Crippen LogP contribution in [0.25, 0.3) is 0 Å². The lowest BCUT2D eigenvalue weighted by molar-refractivity contribution is -0.137. The molecule has 0 aliphatic carbocycles. The van der Waals surface area contributed by atoms with Crippen molar-refractivity contribution in [2.45, 2.75) is 65.1 Å². The summed E-state index contributed by atoms with van der Waals surface area (Å²) in [6.45, 7) is 3.88. The van der Waals surface area contributed by atoms with Gasteiger partial charge < -0.3 is 35.3 Å². The van der Waals surface area contributed by atoms with Crippen LogP contribution in [0.1, 0.15) is 72.7 Å². The lowest BCUT2D eigenvalue weighted by Gasteiger charge is -2.18. The van der Waals surface area contributed by atoms with Crippen molar-refractivity contribution in [2.24, 2.45) is 0 Å². The van der Waals surface area contributed by atoms with Crippen molar-refractivity contribution in [2.75, 3.05) is 13.2 Å². The number of Topliss-reactive ketones (excluding diaryl/α,β-unsaturated/α-hetero) is 3. The van der Waals surface area contributed by atoms with Crippen molar-refractivity contribution in [1.82, 2.24) is 16.0 Å². The number of carboxylic acid groups (broad SMARTS) is 1. The summed E-state index contributed by atoms with van der Waals surface area (Å²) in [6.07, 6.45) is -0.999. The third-order valence-corrected chi connectivity index (χ3v) is 6.31. The maximum Gasteiger partial charge on any atom is 0.407 e. The van der Waals surface area contributed by atoms with Gasteiger partial charge in [0.1, 0.15) is 24.7 Å². The average Bonchev–Trinajstić information content (AvgIpc) is 2.98. The Bertz CT molecular complexity index is 1290. The first kappa shape index (κ1) is 35.1. The summed E-state index contributed by atoms with van der Waals surface area (Å²) in [5.41, 5.74) is 0.678. The molecule has 0 fully saturated rings. The van der Waals surface area contributed by atoms with Crippen molar-refractivity contribution in [3.63, 3.8) is 0 Å². The van der Waals surface area contributed by atoms with Crippen LogP contribution in [0.2, 0.25) is 0 Å². The smallest absolute Gasteiger partial charge is 0.407 e. The molecule has 3 amide bonds. The second-order valence-corrected chi connectivity index (χ2v) is 10.0. The maximum atomic E-state index is 13.1. The van der Waals surface area contributed by atoms with Gasteiger partial charge in [0.2, 0.25) is 0 Å². The van der Waals surface area contributed by atoms with E-state index in [1.165, 1.54) is 39.0 Å². The Morgan fingerprint density at radius 3 is 1.82 bits per heavy atom. The van der Waals surface area contributed by atoms with E-state index in [-0.39, 0.29) is 73.9 Å². The molecule has 4 N–H and O–H groups in total. The molecular formula is C31H37N3O10. The van der Waals surface area contributed by atoms with Crippen LogP contribution in [0, 0.1) is 0 Å². The van der Waals surface area contributed by atoms with E-state index in [1.807, 2.05) is 18.2 Å². The second kappa shape index (κ2) is 17.8. The predicted octanol–water partition coefficient (Wildman–Crippen LogP) is 2.60. The van der Waals surface area contributed by atoms with E-state index in [1.54, 1.807) is 12.1 Å². The highest BCUT2D eigenvalue weighted by atomic mass is 16.5. The lowest BCUT2D eigenvalue weighted by atomic mass is 10.0. The molecule has 13 nitrogen and oxygen atoms in total. The molecule has 2 aromatic rings. The molecule has 0 aliphatic rings. The van der Waals surface area contributed by atoms with Gasteiger partial charge in [-0.2, -0.15) is 0 Å². The number of hydrogen-bond donors (Lipinski definition) is 4. The largest absolute Gasteiger partial charge is 0.492 e. The van der Waals surface area contributed by atoms with E-state index in [0.29, 0.717) is 0 Å². The number of ketones is 3. The van der Waals surface area contributed by atoms with E-state index in [0.717, 1.165) is 5.56 Å². The zero-order valence-corrected chi connectivity index (χ0v) is 24.8. The van der Waals surface area contributed by atoms with Crippen LogP contribution in [0.4, 0.5) is 4.79 Å². The molecule has 0 heterocycles. The predicted molar refractivity (Wildman–Crippen MR) is 157 cm³/mol. The maximum absolute atomic E-state index is 13.1. The summed E-state index contributed by atoms with van der Waals surface area (Å²) in [5.74, 6) is -3.53. The quantitative estimate of drug-likeness (QED) is 0.182. The standard InChI is InChI=1S/C31H37N3O10/c1-19(35)9-10-26(20(2)36)33-29(40)23-15-24(30(41)34-27(21(3)37)11-12-28(38)39)17-25(16-23)43-14-13-32-31(42)44-18-22-7-5-4-6-8-22/h4-8,15-17,26-27H,9-14,18H2,1-3H3,(H,32,42)(H,33,40)(H,34,41)(H,38,39). The molecule has 0 saturated carbocycles. The Labute approximate surface area is 254 Å². The molecule has 0 aliphatic heterocycles. The van der Waals surface area contributed by atoms with Crippen LogP contribution in [-0.4, -0.2) is 71.6 Å². The van der Waals surface area contributed by atoms with Gasteiger partial charge in [0.05, 0.1) is 18.6 Å². The molecule has 2 atom stereocenters. The van der Waals surface area contributed by atoms with E-state index in [9.17, 15) is 33.6 Å².